The monoisotopic (exact) mass is 296 g/mol. The van der Waals surface area contributed by atoms with Crippen molar-refractivity contribution in [3.63, 3.8) is 0 Å². The molecule has 1 rings (SSSR count). The molecule has 20 heavy (non-hydrogen) atoms. The molecule has 0 saturated heterocycles. The summed E-state index contributed by atoms with van der Waals surface area (Å²) in [5.41, 5.74) is 1.01. The highest BCUT2D eigenvalue weighted by Gasteiger charge is 2.17. The molecule has 1 heterocycles. The number of carbonyl (C=O) groups is 2. The van der Waals surface area contributed by atoms with Gasteiger partial charge in [-0.1, -0.05) is 23.8 Å². The Morgan fingerprint density at radius 3 is 2.75 bits per heavy atom. The van der Waals surface area contributed by atoms with E-state index in [0.717, 1.165) is 5.57 Å². The van der Waals surface area contributed by atoms with Crippen LogP contribution < -0.4 is 0 Å². The lowest BCUT2D eigenvalue weighted by Crippen LogP contribution is -2.35. The number of esters is 1. The number of amides is 1. The van der Waals surface area contributed by atoms with Gasteiger partial charge >= 0.3 is 5.97 Å². The Kier molecular flexibility index (Phi) is 6.18. The highest BCUT2D eigenvalue weighted by Crippen LogP contribution is 2.12. The molecule has 0 radical (unpaired) electrons. The summed E-state index contributed by atoms with van der Waals surface area (Å²) >= 11 is 5.77. The second kappa shape index (κ2) is 7.65. The summed E-state index contributed by atoms with van der Waals surface area (Å²) in [5, 5.41) is 0.0548. The van der Waals surface area contributed by atoms with E-state index in [-0.39, 0.29) is 23.2 Å². The van der Waals surface area contributed by atoms with Gasteiger partial charge in [-0.25, -0.2) is 9.78 Å². The lowest BCUT2D eigenvalue weighted by Gasteiger charge is -2.20. The van der Waals surface area contributed by atoms with Gasteiger partial charge in [0.25, 0.3) is 5.91 Å². The first-order chi connectivity index (χ1) is 9.45. The van der Waals surface area contributed by atoms with Crippen LogP contribution in [-0.2, 0) is 9.53 Å². The molecule has 0 aromatic carbocycles. The van der Waals surface area contributed by atoms with Gasteiger partial charge in [-0.15, -0.1) is 0 Å². The van der Waals surface area contributed by atoms with Gasteiger partial charge in [-0.3, -0.25) is 4.79 Å². The summed E-state index contributed by atoms with van der Waals surface area (Å²) < 4.78 is 4.95. The molecule has 0 spiro atoms. The summed E-state index contributed by atoms with van der Waals surface area (Å²) in [7, 11) is 0. The maximum atomic E-state index is 11.9. The Bertz CT molecular complexity index is 517. The number of hydrogen-bond donors (Lipinski definition) is 0. The second-order valence-corrected chi connectivity index (χ2v) is 4.64. The van der Waals surface area contributed by atoms with Gasteiger partial charge in [0.1, 0.15) is 5.15 Å². The van der Waals surface area contributed by atoms with Crippen molar-refractivity contribution >= 4 is 23.5 Å². The van der Waals surface area contributed by atoms with Crippen LogP contribution in [0.1, 0.15) is 24.2 Å². The third-order valence-corrected chi connectivity index (χ3v) is 2.80. The van der Waals surface area contributed by atoms with Crippen molar-refractivity contribution in [1.82, 2.24) is 9.88 Å². The third-order valence-electron chi connectivity index (χ3n) is 2.50. The van der Waals surface area contributed by atoms with Crippen molar-refractivity contribution in [3.05, 3.63) is 41.2 Å². The maximum absolute atomic E-state index is 11.9. The van der Waals surface area contributed by atoms with Crippen molar-refractivity contribution in [2.24, 2.45) is 0 Å². The summed E-state index contributed by atoms with van der Waals surface area (Å²) in [5.74, 6) is -0.938. The Hall–Kier alpha value is -1.88. The molecule has 1 aromatic rings. The Balaban J connectivity index is 2.58. The van der Waals surface area contributed by atoms with E-state index in [2.05, 4.69) is 11.6 Å². The second-order valence-electron chi connectivity index (χ2n) is 4.28. The summed E-state index contributed by atoms with van der Waals surface area (Å²) in [4.78, 5) is 29.0. The fraction of sp³-hybridized carbons (Fsp3) is 0.357. The van der Waals surface area contributed by atoms with E-state index in [9.17, 15) is 9.59 Å². The first-order valence-electron chi connectivity index (χ1n) is 6.15. The zero-order valence-electron chi connectivity index (χ0n) is 11.6. The number of likely N-dealkylation sites (N-methyl/N-ethyl adjacent to an activating group) is 1. The van der Waals surface area contributed by atoms with E-state index in [0.29, 0.717) is 13.1 Å². The van der Waals surface area contributed by atoms with Crippen molar-refractivity contribution in [1.29, 1.82) is 0 Å². The van der Waals surface area contributed by atoms with Crippen LogP contribution in [0.15, 0.2) is 30.5 Å². The van der Waals surface area contributed by atoms with Crippen LogP contribution in [0, 0.1) is 0 Å². The lowest BCUT2D eigenvalue weighted by molar-refractivity contribution is -0.133. The minimum Gasteiger partial charge on any atom is -0.452 e. The van der Waals surface area contributed by atoms with Crippen LogP contribution in [0.3, 0.4) is 0 Å². The summed E-state index contributed by atoms with van der Waals surface area (Å²) in [6, 6.07) is 3.07. The molecule has 6 heteroatoms. The first-order valence-corrected chi connectivity index (χ1v) is 6.53. The maximum Gasteiger partial charge on any atom is 0.341 e. The molecule has 1 aromatic heterocycles. The molecule has 0 aliphatic carbocycles. The number of hydrogen-bond acceptors (Lipinski definition) is 4. The van der Waals surface area contributed by atoms with E-state index in [1.54, 1.807) is 11.0 Å². The number of carbonyl (C=O) groups excluding carboxylic acids is 2. The van der Waals surface area contributed by atoms with E-state index in [1.807, 2.05) is 13.8 Å². The topological polar surface area (TPSA) is 59.5 Å². The molecular weight excluding hydrogens is 280 g/mol. The zero-order chi connectivity index (χ0) is 15.1. The Labute approximate surface area is 123 Å². The van der Waals surface area contributed by atoms with E-state index < -0.39 is 5.97 Å². The van der Waals surface area contributed by atoms with E-state index >= 15 is 0 Å². The molecule has 0 unspecified atom stereocenters. The van der Waals surface area contributed by atoms with Crippen LogP contribution in [-0.4, -0.2) is 41.5 Å². The molecule has 5 nitrogen and oxygen atoms in total. The minimum atomic E-state index is -0.664. The van der Waals surface area contributed by atoms with Crippen molar-refractivity contribution in [2.45, 2.75) is 13.8 Å². The molecule has 0 saturated carbocycles. The molecule has 0 fully saturated rings. The predicted molar refractivity (Wildman–Crippen MR) is 76.6 cm³/mol. The minimum absolute atomic E-state index is 0.0548. The Morgan fingerprint density at radius 1 is 1.50 bits per heavy atom. The number of nitrogens with zero attached hydrogens (tertiary/aromatic N) is 2. The van der Waals surface area contributed by atoms with Gasteiger partial charge in [0.05, 0.1) is 5.56 Å². The highest BCUT2D eigenvalue weighted by atomic mass is 35.5. The van der Waals surface area contributed by atoms with Crippen molar-refractivity contribution in [3.8, 4) is 0 Å². The third kappa shape index (κ3) is 4.66. The number of ether oxygens (including phenoxy) is 1. The van der Waals surface area contributed by atoms with Crippen molar-refractivity contribution in [2.75, 3.05) is 19.7 Å². The van der Waals surface area contributed by atoms with Crippen LogP contribution in [0.4, 0.5) is 0 Å². The molecule has 0 aliphatic heterocycles. The first kappa shape index (κ1) is 16.2. The average Bonchev–Trinajstić information content (AvgIpc) is 2.42. The van der Waals surface area contributed by atoms with E-state index in [1.165, 1.54) is 12.3 Å². The molecule has 0 atom stereocenters. The number of aromatic nitrogens is 1. The summed E-state index contributed by atoms with van der Waals surface area (Å²) in [6.45, 7) is 8.07. The van der Waals surface area contributed by atoms with Gasteiger partial charge in [0, 0.05) is 19.3 Å². The van der Waals surface area contributed by atoms with Crippen LogP contribution in [0.2, 0.25) is 5.15 Å². The smallest absolute Gasteiger partial charge is 0.341 e. The van der Waals surface area contributed by atoms with Crippen LogP contribution in [0.25, 0.3) is 0 Å². The van der Waals surface area contributed by atoms with Crippen LogP contribution >= 0.6 is 11.6 Å². The number of halogens is 1. The SMILES string of the molecule is C=C(C)CN(CC)C(=O)COC(=O)c1cccnc1Cl. The van der Waals surface area contributed by atoms with Crippen LogP contribution in [0.5, 0.6) is 0 Å². The lowest BCUT2D eigenvalue weighted by atomic mass is 10.3. The van der Waals surface area contributed by atoms with Gasteiger partial charge in [-0.2, -0.15) is 0 Å². The number of rotatable bonds is 6. The fourth-order valence-corrected chi connectivity index (χ4v) is 1.73. The molecule has 0 aliphatic rings. The molecule has 0 bridgehead atoms. The zero-order valence-corrected chi connectivity index (χ0v) is 12.3. The molecule has 108 valence electrons. The summed E-state index contributed by atoms with van der Waals surface area (Å²) in [6.07, 6.45) is 1.47. The van der Waals surface area contributed by atoms with Crippen molar-refractivity contribution < 1.29 is 14.3 Å². The molecular formula is C14H17ClN2O3. The average molecular weight is 297 g/mol. The predicted octanol–water partition coefficient (Wildman–Crippen LogP) is 2.32. The molecule has 1 amide bonds. The number of pyridine rings is 1. The highest BCUT2D eigenvalue weighted by molar-refractivity contribution is 6.32. The van der Waals surface area contributed by atoms with E-state index in [4.69, 9.17) is 16.3 Å². The quantitative estimate of drug-likeness (QED) is 0.459. The fourth-order valence-electron chi connectivity index (χ4n) is 1.54. The van der Waals surface area contributed by atoms with Gasteiger partial charge in [0.15, 0.2) is 6.61 Å². The van der Waals surface area contributed by atoms with Gasteiger partial charge in [-0.05, 0) is 26.0 Å². The standard InChI is InChI=1S/C14H17ClN2O3/c1-4-17(8-10(2)3)12(18)9-20-14(19)11-6-5-7-16-13(11)15/h5-7H,2,4,8-9H2,1,3H3. The molecule has 0 N–H and O–H groups in total. The van der Waals surface area contributed by atoms with Gasteiger partial charge in [0.2, 0.25) is 0 Å². The largest absolute Gasteiger partial charge is 0.452 e. The Morgan fingerprint density at radius 2 is 2.20 bits per heavy atom. The normalized spacial score (nSPS) is 9.95. The van der Waals surface area contributed by atoms with Gasteiger partial charge < -0.3 is 9.64 Å².